The van der Waals surface area contributed by atoms with E-state index in [9.17, 15) is 4.79 Å². The molecule has 1 amide bonds. The van der Waals surface area contributed by atoms with Crippen LogP contribution in [0.2, 0.25) is 0 Å². The van der Waals surface area contributed by atoms with Crippen LogP contribution in [0.25, 0.3) is 10.9 Å². The highest BCUT2D eigenvalue weighted by Crippen LogP contribution is 2.17. The van der Waals surface area contributed by atoms with Crippen LogP contribution in [0.5, 0.6) is 5.75 Å². The second kappa shape index (κ2) is 6.52. The summed E-state index contributed by atoms with van der Waals surface area (Å²) in [6.07, 6.45) is 1.96. The Morgan fingerprint density at radius 2 is 2.00 bits per heavy atom. The first kappa shape index (κ1) is 15.1. The number of rotatable bonds is 5. The van der Waals surface area contributed by atoms with Crippen LogP contribution in [0.1, 0.15) is 22.8 Å². The molecule has 118 valence electrons. The van der Waals surface area contributed by atoms with Gasteiger partial charge in [-0.25, -0.2) is 0 Å². The third-order valence-electron chi connectivity index (χ3n) is 3.65. The van der Waals surface area contributed by atoms with Crippen molar-refractivity contribution in [2.45, 2.75) is 13.5 Å². The molecule has 1 heterocycles. The zero-order valence-electron chi connectivity index (χ0n) is 13.2. The summed E-state index contributed by atoms with van der Waals surface area (Å²) in [7, 11) is 1.65. The van der Waals surface area contributed by atoms with Crippen molar-refractivity contribution in [1.29, 1.82) is 0 Å². The van der Waals surface area contributed by atoms with E-state index in [1.807, 2.05) is 54.2 Å². The standard InChI is InChI=1S/C18H19N3O2/c1-3-19-18(22)14-6-9-17-15(10-14)12-21(20-17)11-13-4-7-16(23-2)8-5-13/h4-10,12H,3,11H2,1-2H3,(H,19,22). The van der Waals surface area contributed by atoms with Crippen molar-refractivity contribution < 1.29 is 9.53 Å². The summed E-state index contributed by atoms with van der Waals surface area (Å²) >= 11 is 0. The Kier molecular flexibility index (Phi) is 4.28. The third-order valence-corrected chi connectivity index (χ3v) is 3.65. The molecule has 2 aromatic carbocycles. The van der Waals surface area contributed by atoms with Crippen LogP contribution in [-0.2, 0) is 6.54 Å². The fraction of sp³-hybridized carbons (Fsp3) is 0.222. The molecular weight excluding hydrogens is 290 g/mol. The minimum atomic E-state index is -0.0581. The summed E-state index contributed by atoms with van der Waals surface area (Å²) in [6, 6.07) is 13.5. The topological polar surface area (TPSA) is 56.2 Å². The van der Waals surface area contributed by atoms with Crippen LogP contribution in [0, 0.1) is 0 Å². The smallest absolute Gasteiger partial charge is 0.251 e. The molecule has 0 atom stereocenters. The summed E-state index contributed by atoms with van der Waals surface area (Å²) in [4.78, 5) is 11.9. The van der Waals surface area contributed by atoms with Crippen molar-refractivity contribution in [2.75, 3.05) is 13.7 Å². The molecule has 0 unspecified atom stereocenters. The highest BCUT2D eigenvalue weighted by Gasteiger charge is 2.07. The largest absolute Gasteiger partial charge is 0.497 e. The lowest BCUT2D eigenvalue weighted by molar-refractivity contribution is 0.0956. The Labute approximate surface area is 134 Å². The third kappa shape index (κ3) is 3.34. The van der Waals surface area contributed by atoms with Gasteiger partial charge in [0.15, 0.2) is 0 Å². The Morgan fingerprint density at radius 1 is 1.22 bits per heavy atom. The SMILES string of the molecule is CCNC(=O)c1ccc2nn(Cc3ccc(OC)cc3)cc2c1. The summed E-state index contributed by atoms with van der Waals surface area (Å²) in [5.74, 6) is 0.781. The predicted molar refractivity (Wildman–Crippen MR) is 89.8 cm³/mol. The number of methoxy groups -OCH3 is 1. The van der Waals surface area contributed by atoms with Gasteiger partial charge >= 0.3 is 0 Å². The van der Waals surface area contributed by atoms with Gasteiger partial charge in [0, 0.05) is 23.7 Å². The number of nitrogens with one attached hydrogen (secondary N) is 1. The molecular formula is C18H19N3O2. The minimum absolute atomic E-state index is 0.0581. The zero-order valence-corrected chi connectivity index (χ0v) is 13.2. The van der Waals surface area contributed by atoms with Crippen molar-refractivity contribution in [1.82, 2.24) is 15.1 Å². The molecule has 0 aliphatic rings. The van der Waals surface area contributed by atoms with E-state index in [-0.39, 0.29) is 5.91 Å². The molecule has 0 radical (unpaired) electrons. The van der Waals surface area contributed by atoms with E-state index in [0.29, 0.717) is 18.7 Å². The molecule has 23 heavy (non-hydrogen) atoms. The molecule has 0 spiro atoms. The van der Waals surface area contributed by atoms with Gasteiger partial charge in [0.05, 0.1) is 19.2 Å². The quantitative estimate of drug-likeness (QED) is 0.788. The fourth-order valence-corrected chi connectivity index (χ4v) is 2.48. The molecule has 0 saturated carbocycles. The molecule has 3 rings (SSSR count). The molecule has 5 nitrogen and oxygen atoms in total. The van der Waals surface area contributed by atoms with Crippen LogP contribution >= 0.6 is 0 Å². The van der Waals surface area contributed by atoms with Gasteiger partial charge in [-0.1, -0.05) is 12.1 Å². The second-order valence-corrected chi connectivity index (χ2v) is 5.31. The highest BCUT2D eigenvalue weighted by atomic mass is 16.5. The van der Waals surface area contributed by atoms with Crippen molar-refractivity contribution in [3.8, 4) is 5.75 Å². The van der Waals surface area contributed by atoms with Gasteiger partial charge in [0.2, 0.25) is 0 Å². The average molecular weight is 309 g/mol. The van der Waals surface area contributed by atoms with Crippen LogP contribution in [-0.4, -0.2) is 29.3 Å². The maximum atomic E-state index is 11.9. The van der Waals surface area contributed by atoms with Crippen molar-refractivity contribution in [2.24, 2.45) is 0 Å². The molecule has 0 bridgehead atoms. The number of ether oxygens (including phenoxy) is 1. The van der Waals surface area contributed by atoms with Gasteiger partial charge in [0.1, 0.15) is 5.75 Å². The van der Waals surface area contributed by atoms with Crippen LogP contribution in [0.15, 0.2) is 48.7 Å². The van der Waals surface area contributed by atoms with Gasteiger partial charge in [-0.05, 0) is 42.8 Å². The number of fused-ring (bicyclic) bond motifs is 1. The normalized spacial score (nSPS) is 10.7. The first-order valence-electron chi connectivity index (χ1n) is 7.58. The van der Waals surface area contributed by atoms with Crippen LogP contribution in [0.3, 0.4) is 0 Å². The van der Waals surface area contributed by atoms with E-state index in [2.05, 4.69) is 10.4 Å². The minimum Gasteiger partial charge on any atom is -0.497 e. The molecule has 0 aliphatic carbocycles. The summed E-state index contributed by atoms with van der Waals surface area (Å²) < 4.78 is 7.05. The summed E-state index contributed by atoms with van der Waals surface area (Å²) in [6.45, 7) is 3.20. The van der Waals surface area contributed by atoms with Gasteiger partial charge in [-0.3, -0.25) is 9.48 Å². The molecule has 1 N–H and O–H groups in total. The van der Waals surface area contributed by atoms with Crippen molar-refractivity contribution in [3.05, 3.63) is 59.8 Å². The van der Waals surface area contributed by atoms with Gasteiger partial charge in [-0.15, -0.1) is 0 Å². The predicted octanol–water partition coefficient (Wildman–Crippen LogP) is 2.84. The second-order valence-electron chi connectivity index (χ2n) is 5.31. The number of carbonyl (C=O) groups excluding carboxylic acids is 1. The Balaban J connectivity index is 1.83. The number of benzene rings is 2. The Morgan fingerprint density at radius 3 is 2.70 bits per heavy atom. The first-order chi connectivity index (χ1) is 11.2. The monoisotopic (exact) mass is 309 g/mol. The number of hydrogen-bond donors (Lipinski definition) is 1. The van der Waals surface area contributed by atoms with E-state index in [1.54, 1.807) is 13.2 Å². The van der Waals surface area contributed by atoms with Crippen molar-refractivity contribution >= 4 is 16.8 Å². The lowest BCUT2D eigenvalue weighted by Crippen LogP contribution is -2.22. The van der Waals surface area contributed by atoms with Gasteiger partial charge in [-0.2, -0.15) is 5.10 Å². The zero-order chi connectivity index (χ0) is 16.2. The Bertz CT molecular complexity index is 822. The number of hydrogen-bond acceptors (Lipinski definition) is 3. The van der Waals surface area contributed by atoms with E-state index < -0.39 is 0 Å². The lowest BCUT2D eigenvalue weighted by atomic mass is 10.1. The maximum absolute atomic E-state index is 11.9. The van der Waals surface area contributed by atoms with Crippen LogP contribution < -0.4 is 10.1 Å². The summed E-state index contributed by atoms with van der Waals surface area (Å²) in [5, 5.41) is 8.32. The molecule has 5 heteroatoms. The Hall–Kier alpha value is -2.82. The van der Waals surface area contributed by atoms with Gasteiger partial charge in [0.25, 0.3) is 5.91 Å². The van der Waals surface area contributed by atoms with E-state index >= 15 is 0 Å². The number of aromatic nitrogens is 2. The average Bonchev–Trinajstić information content (AvgIpc) is 2.97. The van der Waals surface area contributed by atoms with E-state index in [4.69, 9.17) is 4.74 Å². The number of nitrogens with zero attached hydrogens (tertiary/aromatic N) is 2. The van der Waals surface area contributed by atoms with Crippen molar-refractivity contribution in [3.63, 3.8) is 0 Å². The molecule has 0 saturated heterocycles. The number of amides is 1. The fourth-order valence-electron chi connectivity index (χ4n) is 2.48. The van der Waals surface area contributed by atoms with Crippen LogP contribution in [0.4, 0.5) is 0 Å². The van der Waals surface area contributed by atoms with E-state index in [1.165, 1.54) is 0 Å². The number of carbonyl (C=O) groups is 1. The maximum Gasteiger partial charge on any atom is 0.251 e. The lowest BCUT2D eigenvalue weighted by Gasteiger charge is -2.03. The molecule has 1 aromatic heterocycles. The molecule has 0 aliphatic heterocycles. The molecule has 0 fully saturated rings. The van der Waals surface area contributed by atoms with Gasteiger partial charge < -0.3 is 10.1 Å². The summed E-state index contributed by atoms with van der Waals surface area (Å²) in [5.41, 5.74) is 2.68. The highest BCUT2D eigenvalue weighted by molar-refractivity contribution is 5.97. The van der Waals surface area contributed by atoms with E-state index in [0.717, 1.165) is 22.2 Å². The first-order valence-corrected chi connectivity index (χ1v) is 7.58. The molecule has 3 aromatic rings.